The highest BCUT2D eigenvalue weighted by molar-refractivity contribution is 5.80. The molecule has 0 aliphatic rings. The van der Waals surface area contributed by atoms with Crippen LogP contribution >= 0.6 is 0 Å². The van der Waals surface area contributed by atoms with Crippen LogP contribution in [0.2, 0.25) is 0 Å². The Morgan fingerprint density at radius 2 is 2.22 bits per heavy atom. The highest BCUT2D eigenvalue weighted by atomic mass is 16.1. The van der Waals surface area contributed by atoms with Gasteiger partial charge in [0.05, 0.1) is 18.3 Å². The monoisotopic (exact) mass is 245 g/mol. The maximum Gasteiger partial charge on any atom is 0.222 e. The Morgan fingerprint density at radius 3 is 2.94 bits per heavy atom. The largest absolute Gasteiger partial charge is 0.354 e. The Kier molecular flexibility index (Phi) is 3.65. The number of aromatic nitrogens is 2. The number of benzene rings is 1. The van der Waals surface area contributed by atoms with Crippen molar-refractivity contribution in [1.29, 1.82) is 0 Å². The summed E-state index contributed by atoms with van der Waals surface area (Å²) in [7, 11) is 0. The number of aryl methyl sites for hydroxylation is 2. The number of nitrogens with one attached hydrogen (secondary N) is 1. The van der Waals surface area contributed by atoms with Crippen molar-refractivity contribution in [3.8, 4) is 0 Å². The number of fused-ring (bicyclic) bond motifs is 1. The van der Waals surface area contributed by atoms with Crippen molar-refractivity contribution in [2.75, 3.05) is 0 Å². The Balaban J connectivity index is 2.06. The Bertz CT molecular complexity index is 557. The summed E-state index contributed by atoms with van der Waals surface area (Å²) in [5, 5.41) is 8.33. The van der Waals surface area contributed by atoms with Crippen molar-refractivity contribution in [2.45, 2.75) is 39.8 Å². The number of hydrogen-bond donors (Lipinski definition) is 1. The molecule has 0 spiro atoms. The fraction of sp³-hybridized carbons (Fsp3) is 0.429. The molecule has 0 fully saturated rings. The van der Waals surface area contributed by atoms with Gasteiger partial charge < -0.3 is 5.32 Å². The van der Waals surface area contributed by atoms with Crippen molar-refractivity contribution in [3.63, 3.8) is 0 Å². The van der Waals surface area contributed by atoms with Crippen molar-refractivity contribution in [1.82, 2.24) is 15.1 Å². The third kappa shape index (κ3) is 2.88. The van der Waals surface area contributed by atoms with Crippen LogP contribution in [0.5, 0.6) is 0 Å². The molecular formula is C14H19N3O. The minimum Gasteiger partial charge on any atom is -0.354 e. The van der Waals surface area contributed by atoms with Gasteiger partial charge in [0.15, 0.2) is 0 Å². The molecule has 0 saturated carbocycles. The third-order valence-corrected chi connectivity index (χ3v) is 2.80. The summed E-state index contributed by atoms with van der Waals surface area (Å²) in [6, 6.07) is 6.41. The quantitative estimate of drug-likeness (QED) is 0.898. The normalized spacial score (nSPS) is 11.1. The van der Waals surface area contributed by atoms with Crippen LogP contribution in [0, 0.1) is 6.92 Å². The molecule has 1 aromatic carbocycles. The summed E-state index contributed by atoms with van der Waals surface area (Å²) in [5.41, 5.74) is 2.30. The van der Waals surface area contributed by atoms with Gasteiger partial charge in [-0.05, 0) is 32.9 Å². The van der Waals surface area contributed by atoms with Gasteiger partial charge in [0.1, 0.15) is 0 Å². The second-order valence-electron chi connectivity index (χ2n) is 4.90. The van der Waals surface area contributed by atoms with Gasteiger partial charge in [-0.25, -0.2) is 0 Å². The van der Waals surface area contributed by atoms with E-state index in [1.807, 2.05) is 24.7 Å². The van der Waals surface area contributed by atoms with Crippen molar-refractivity contribution in [2.24, 2.45) is 0 Å². The van der Waals surface area contributed by atoms with E-state index < -0.39 is 0 Å². The molecule has 4 heteroatoms. The summed E-state index contributed by atoms with van der Waals surface area (Å²) >= 11 is 0. The molecule has 0 aliphatic heterocycles. The molecule has 0 radical (unpaired) electrons. The lowest BCUT2D eigenvalue weighted by Crippen LogP contribution is -2.30. The van der Waals surface area contributed by atoms with Crippen LogP contribution in [-0.2, 0) is 11.3 Å². The van der Waals surface area contributed by atoms with Crippen molar-refractivity contribution < 1.29 is 4.79 Å². The van der Waals surface area contributed by atoms with Gasteiger partial charge in [0.25, 0.3) is 0 Å². The van der Waals surface area contributed by atoms with E-state index in [0.29, 0.717) is 13.0 Å². The molecule has 0 unspecified atom stereocenters. The van der Waals surface area contributed by atoms with E-state index in [1.54, 1.807) is 0 Å². The topological polar surface area (TPSA) is 46.9 Å². The molecule has 0 saturated heterocycles. The van der Waals surface area contributed by atoms with Crippen LogP contribution in [0.3, 0.4) is 0 Å². The van der Waals surface area contributed by atoms with Crippen LogP contribution in [0.4, 0.5) is 0 Å². The van der Waals surface area contributed by atoms with E-state index in [1.165, 1.54) is 5.56 Å². The zero-order chi connectivity index (χ0) is 13.1. The number of carbonyl (C=O) groups is 1. The molecule has 96 valence electrons. The highest BCUT2D eigenvalue weighted by Gasteiger charge is 2.06. The van der Waals surface area contributed by atoms with E-state index in [0.717, 1.165) is 10.9 Å². The molecule has 1 amide bonds. The van der Waals surface area contributed by atoms with Gasteiger partial charge >= 0.3 is 0 Å². The summed E-state index contributed by atoms with van der Waals surface area (Å²) < 4.78 is 1.88. The summed E-state index contributed by atoms with van der Waals surface area (Å²) in [4.78, 5) is 11.6. The molecule has 18 heavy (non-hydrogen) atoms. The van der Waals surface area contributed by atoms with E-state index in [-0.39, 0.29) is 11.9 Å². The number of hydrogen-bond acceptors (Lipinski definition) is 2. The minimum absolute atomic E-state index is 0.0701. The van der Waals surface area contributed by atoms with Crippen molar-refractivity contribution in [3.05, 3.63) is 30.0 Å². The molecule has 4 nitrogen and oxygen atoms in total. The highest BCUT2D eigenvalue weighted by Crippen LogP contribution is 2.15. The van der Waals surface area contributed by atoms with Gasteiger partial charge in [-0.2, -0.15) is 5.10 Å². The van der Waals surface area contributed by atoms with Crippen LogP contribution < -0.4 is 5.32 Å². The molecule has 1 N–H and O–H groups in total. The summed E-state index contributed by atoms with van der Waals surface area (Å²) in [5.74, 6) is 0.0701. The van der Waals surface area contributed by atoms with Crippen LogP contribution in [-0.4, -0.2) is 21.7 Å². The lowest BCUT2D eigenvalue weighted by molar-refractivity contribution is -0.121. The molecule has 1 heterocycles. The van der Waals surface area contributed by atoms with E-state index in [4.69, 9.17) is 0 Å². The van der Waals surface area contributed by atoms with Gasteiger partial charge in [-0.3, -0.25) is 9.48 Å². The van der Waals surface area contributed by atoms with Gasteiger partial charge in [0, 0.05) is 17.8 Å². The second kappa shape index (κ2) is 5.21. The third-order valence-electron chi connectivity index (χ3n) is 2.80. The zero-order valence-corrected chi connectivity index (χ0v) is 11.1. The Labute approximate surface area is 107 Å². The Hall–Kier alpha value is -1.84. The van der Waals surface area contributed by atoms with Crippen molar-refractivity contribution >= 4 is 16.8 Å². The van der Waals surface area contributed by atoms with Crippen LogP contribution in [0.1, 0.15) is 25.8 Å². The first-order valence-corrected chi connectivity index (χ1v) is 6.28. The maximum atomic E-state index is 11.6. The predicted molar refractivity (Wildman–Crippen MR) is 72.4 cm³/mol. The number of amides is 1. The zero-order valence-electron chi connectivity index (χ0n) is 11.1. The minimum atomic E-state index is 0.0701. The number of carbonyl (C=O) groups excluding carboxylic acids is 1. The SMILES string of the molecule is Cc1ccc2c(cnn2CCC(=O)NC(C)C)c1. The van der Waals surface area contributed by atoms with Gasteiger partial charge in [0.2, 0.25) is 5.91 Å². The smallest absolute Gasteiger partial charge is 0.222 e. The standard InChI is InChI=1S/C14H19N3O/c1-10(2)16-14(18)6-7-17-13-5-4-11(3)8-12(13)9-15-17/h4-5,8-10H,6-7H2,1-3H3,(H,16,18). The van der Waals surface area contributed by atoms with Gasteiger partial charge in [-0.15, -0.1) is 0 Å². The first-order chi connectivity index (χ1) is 8.56. The first-order valence-electron chi connectivity index (χ1n) is 6.28. The summed E-state index contributed by atoms with van der Waals surface area (Å²) in [6.07, 6.45) is 2.31. The molecule has 0 aliphatic carbocycles. The van der Waals surface area contributed by atoms with Gasteiger partial charge in [-0.1, -0.05) is 11.6 Å². The molecular weight excluding hydrogens is 226 g/mol. The first kappa shape index (κ1) is 12.6. The maximum absolute atomic E-state index is 11.6. The summed E-state index contributed by atoms with van der Waals surface area (Å²) in [6.45, 7) is 6.60. The predicted octanol–water partition coefficient (Wildman–Crippen LogP) is 2.26. The van der Waals surface area contributed by atoms with Crippen LogP contribution in [0.25, 0.3) is 10.9 Å². The van der Waals surface area contributed by atoms with E-state index >= 15 is 0 Å². The average Bonchev–Trinajstić information content (AvgIpc) is 2.67. The second-order valence-corrected chi connectivity index (χ2v) is 4.90. The van der Waals surface area contributed by atoms with Crippen LogP contribution in [0.15, 0.2) is 24.4 Å². The fourth-order valence-electron chi connectivity index (χ4n) is 1.99. The molecule has 0 atom stereocenters. The van der Waals surface area contributed by atoms with E-state index in [9.17, 15) is 4.79 Å². The number of rotatable bonds is 4. The Morgan fingerprint density at radius 1 is 1.44 bits per heavy atom. The molecule has 2 rings (SSSR count). The lowest BCUT2D eigenvalue weighted by atomic mass is 10.2. The molecule has 1 aromatic heterocycles. The lowest BCUT2D eigenvalue weighted by Gasteiger charge is -2.08. The molecule has 2 aromatic rings. The number of nitrogens with zero attached hydrogens (tertiary/aromatic N) is 2. The fourth-order valence-corrected chi connectivity index (χ4v) is 1.99. The molecule has 0 bridgehead atoms. The average molecular weight is 245 g/mol. The van der Waals surface area contributed by atoms with E-state index in [2.05, 4.69) is 35.5 Å².